The highest BCUT2D eigenvalue weighted by atomic mass is 35.5. The third kappa shape index (κ3) is 3.67. The van der Waals surface area contributed by atoms with Crippen LogP contribution in [0.25, 0.3) is 0 Å². The van der Waals surface area contributed by atoms with Crippen molar-refractivity contribution in [1.82, 2.24) is 4.98 Å². The van der Waals surface area contributed by atoms with Gasteiger partial charge in [0.2, 0.25) is 5.88 Å². The second-order valence-electron chi connectivity index (χ2n) is 2.40. The second-order valence-corrected chi connectivity index (χ2v) is 3.99. The molecule has 13 heavy (non-hydrogen) atoms. The maximum absolute atomic E-state index is 5.77. The van der Waals surface area contributed by atoms with Crippen LogP contribution in [0.2, 0.25) is 5.15 Å². The lowest BCUT2D eigenvalue weighted by molar-refractivity contribution is 0.304. The summed E-state index contributed by atoms with van der Waals surface area (Å²) < 4.78 is 5.34. The third-order valence-electron chi connectivity index (χ3n) is 1.30. The van der Waals surface area contributed by atoms with Crippen LogP contribution in [0.1, 0.15) is 13.3 Å². The fourth-order valence-electron chi connectivity index (χ4n) is 0.784. The first kappa shape index (κ1) is 11.0. The van der Waals surface area contributed by atoms with Crippen molar-refractivity contribution in [3.05, 3.63) is 17.3 Å². The molecule has 1 aromatic rings. The van der Waals surface area contributed by atoms with Crippen molar-refractivity contribution in [2.75, 3.05) is 6.61 Å². The first-order chi connectivity index (χ1) is 6.26. The maximum atomic E-state index is 5.77. The van der Waals surface area contributed by atoms with Crippen LogP contribution in [0.5, 0.6) is 5.88 Å². The molecule has 0 radical (unpaired) electrons. The smallest absolute Gasteiger partial charge is 0.215 e. The highest BCUT2D eigenvalue weighted by molar-refractivity contribution is 8.68. The van der Waals surface area contributed by atoms with E-state index < -0.39 is 0 Å². The SMILES string of the molecule is CCCOc1cc(SS)cc(Cl)n1. The van der Waals surface area contributed by atoms with Gasteiger partial charge >= 0.3 is 0 Å². The number of halogens is 1. The van der Waals surface area contributed by atoms with E-state index in [4.69, 9.17) is 16.3 Å². The van der Waals surface area contributed by atoms with Gasteiger partial charge in [-0.1, -0.05) is 29.3 Å². The average molecular weight is 236 g/mol. The van der Waals surface area contributed by atoms with E-state index >= 15 is 0 Å². The van der Waals surface area contributed by atoms with Gasteiger partial charge in [-0.25, -0.2) is 4.98 Å². The quantitative estimate of drug-likeness (QED) is 0.491. The maximum Gasteiger partial charge on any atom is 0.215 e. The van der Waals surface area contributed by atoms with Gasteiger partial charge in [0.1, 0.15) is 5.15 Å². The molecule has 0 atom stereocenters. The Morgan fingerprint density at radius 3 is 3.00 bits per heavy atom. The highest BCUT2D eigenvalue weighted by Gasteiger charge is 2.01. The van der Waals surface area contributed by atoms with Crippen LogP contribution >= 0.6 is 34.1 Å². The van der Waals surface area contributed by atoms with Gasteiger partial charge in [-0.3, -0.25) is 0 Å². The fourth-order valence-corrected chi connectivity index (χ4v) is 1.68. The minimum atomic E-state index is 0.435. The van der Waals surface area contributed by atoms with E-state index in [1.165, 1.54) is 10.8 Å². The summed E-state index contributed by atoms with van der Waals surface area (Å²) in [6.07, 6.45) is 0.956. The summed E-state index contributed by atoms with van der Waals surface area (Å²) in [6.45, 7) is 2.70. The highest BCUT2D eigenvalue weighted by Crippen LogP contribution is 2.27. The zero-order chi connectivity index (χ0) is 9.68. The molecule has 0 bridgehead atoms. The van der Waals surface area contributed by atoms with Gasteiger partial charge in [0.05, 0.1) is 6.61 Å². The van der Waals surface area contributed by atoms with E-state index in [9.17, 15) is 0 Å². The molecule has 5 heteroatoms. The molecule has 0 fully saturated rings. The predicted octanol–water partition coefficient (Wildman–Crippen LogP) is 3.46. The van der Waals surface area contributed by atoms with Crippen LogP contribution < -0.4 is 4.74 Å². The van der Waals surface area contributed by atoms with Gasteiger partial charge < -0.3 is 4.74 Å². The first-order valence-corrected chi connectivity index (χ1v) is 6.12. The fraction of sp³-hybridized carbons (Fsp3) is 0.375. The van der Waals surface area contributed by atoms with Crippen molar-refractivity contribution in [1.29, 1.82) is 0 Å². The van der Waals surface area contributed by atoms with E-state index in [-0.39, 0.29) is 0 Å². The lowest BCUT2D eigenvalue weighted by Gasteiger charge is -2.04. The molecule has 0 unspecified atom stereocenters. The van der Waals surface area contributed by atoms with Crippen LogP contribution in [-0.4, -0.2) is 11.6 Å². The van der Waals surface area contributed by atoms with Crippen LogP contribution in [-0.2, 0) is 0 Å². The minimum absolute atomic E-state index is 0.435. The van der Waals surface area contributed by atoms with Crippen molar-refractivity contribution in [2.45, 2.75) is 18.2 Å². The van der Waals surface area contributed by atoms with Crippen molar-refractivity contribution < 1.29 is 4.74 Å². The summed E-state index contributed by atoms with van der Waals surface area (Å²) in [4.78, 5) is 4.95. The van der Waals surface area contributed by atoms with Crippen molar-refractivity contribution >= 4 is 34.1 Å². The molecule has 2 nitrogen and oxygen atoms in total. The number of hydrogen-bond acceptors (Lipinski definition) is 4. The molecule has 1 aromatic heterocycles. The van der Waals surface area contributed by atoms with E-state index in [0.717, 1.165) is 11.3 Å². The molecule has 72 valence electrons. The molecule has 0 aliphatic heterocycles. The Bertz CT molecular complexity index is 283. The topological polar surface area (TPSA) is 22.1 Å². The Morgan fingerprint density at radius 2 is 2.38 bits per heavy atom. The number of thiol groups is 1. The summed E-state index contributed by atoms with van der Waals surface area (Å²) in [5.74, 6) is 0.561. The van der Waals surface area contributed by atoms with Crippen LogP contribution in [0.15, 0.2) is 17.0 Å². The zero-order valence-corrected chi connectivity index (χ0v) is 9.62. The number of pyridine rings is 1. The Hall–Kier alpha value is -0.0600. The molecule has 0 spiro atoms. The number of ether oxygens (including phenoxy) is 1. The largest absolute Gasteiger partial charge is 0.478 e. The summed E-state index contributed by atoms with van der Waals surface area (Å²) in [7, 11) is 1.32. The van der Waals surface area contributed by atoms with E-state index in [2.05, 4.69) is 16.6 Å². The molecule has 1 heterocycles. The minimum Gasteiger partial charge on any atom is -0.478 e. The van der Waals surface area contributed by atoms with E-state index in [0.29, 0.717) is 17.6 Å². The standard InChI is InChI=1S/C8H10ClNOS2/c1-2-3-11-8-5-6(13-12)4-7(9)10-8/h4-5,12H,2-3H2,1H3. The number of rotatable bonds is 4. The molecule has 0 saturated carbocycles. The molecule has 0 N–H and O–H groups in total. The molecule has 0 aromatic carbocycles. The molecule has 0 saturated heterocycles. The zero-order valence-electron chi connectivity index (χ0n) is 7.16. The Balaban J connectivity index is 2.76. The third-order valence-corrected chi connectivity index (χ3v) is 2.58. The van der Waals surface area contributed by atoms with Gasteiger partial charge in [0, 0.05) is 11.0 Å². The van der Waals surface area contributed by atoms with Gasteiger partial charge in [0.15, 0.2) is 0 Å². The number of hydrogen-bond donors (Lipinski definition) is 1. The summed E-state index contributed by atoms with van der Waals surface area (Å²) in [6, 6.07) is 3.57. The van der Waals surface area contributed by atoms with Gasteiger partial charge in [-0.2, -0.15) is 0 Å². The number of aromatic nitrogens is 1. The number of nitrogens with zero attached hydrogens (tertiary/aromatic N) is 1. The Labute approximate surface area is 91.8 Å². The average Bonchev–Trinajstić information content (AvgIpc) is 2.14. The lowest BCUT2D eigenvalue weighted by Crippen LogP contribution is -1.97. The normalized spacial score (nSPS) is 10.1. The van der Waals surface area contributed by atoms with Crippen molar-refractivity contribution in [3.8, 4) is 5.88 Å². The first-order valence-electron chi connectivity index (χ1n) is 3.88. The summed E-state index contributed by atoms with van der Waals surface area (Å²) in [5, 5.41) is 0.435. The van der Waals surface area contributed by atoms with Gasteiger partial charge in [-0.05, 0) is 12.5 Å². The molecule has 0 aliphatic rings. The Kier molecular flexibility index (Phi) is 4.77. The summed E-state index contributed by atoms with van der Waals surface area (Å²) in [5.41, 5.74) is 0. The Morgan fingerprint density at radius 1 is 1.62 bits per heavy atom. The van der Waals surface area contributed by atoms with Crippen LogP contribution in [0, 0.1) is 0 Å². The molecule has 0 aliphatic carbocycles. The monoisotopic (exact) mass is 235 g/mol. The van der Waals surface area contributed by atoms with Crippen molar-refractivity contribution in [2.24, 2.45) is 0 Å². The molecule has 1 rings (SSSR count). The predicted molar refractivity (Wildman–Crippen MR) is 59.9 cm³/mol. The van der Waals surface area contributed by atoms with Gasteiger partial charge in [0.25, 0.3) is 0 Å². The van der Waals surface area contributed by atoms with Crippen LogP contribution in [0.3, 0.4) is 0 Å². The lowest BCUT2D eigenvalue weighted by atomic mass is 10.5. The molecular weight excluding hydrogens is 226 g/mol. The summed E-state index contributed by atoms with van der Waals surface area (Å²) >= 11 is 9.84. The van der Waals surface area contributed by atoms with Crippen LogP contribution in [0.4, 0.5) is 0 Å². The second kappa shape index (κ2) is 5.62. The molecular formula is C8H10ClNOS2. The van der Waals surface area contributed by atoms with Gasteiger partial charge in [-0.15, -0.1) is 11.7 Å². The van der Waals surface area contributed by atoms with E-state index in [1.54, 1.807) is 6.07 Å². The van der Waals surface area contributed by atoms with E-state index in [1.807, 2.05) is 13.0 Å². The molecule has 0 amide bonds. The van der Waals surface area contributed by atoms with Crippen molar-refractivity contribution in [3.63, 3.8) is 0 Å².